The smallest absolute Gasteiger partial charge is 0.287 e. The van der Waals surface area contributed by atoms with Crippen LogP contribution in [0.2, 0.25) is 10.0 Å². The zero-order valence-electron chi connectivity index (χ0n) is 18.9. The first-order chi connectivity index (χ1) is 16.5. The number of sulfonamides is 1. The molecule has 0 saturated heterocycles. The predicted molar refractivity (Wildman–Crippen MR) is 134 cm³/mol. The van der Waals surface area contributed by atoms with E-state index in [1.807, 2.05) is 30.3 Å². The molecule has 12 heteroatoms. The molecule has 0 saturated carbocycles. The van der Waals surface area contributed by atoms with E-state index in [0.29, 0.717) is 12.0 Å². The van der Waals surface area contributed by atoms with Crippen molar-refractivity contribution in [2.75, 3.05) is 11.9 Å². The lowest BCUT2D eigenvalue weighted by molar-refractivity contribution is -0.119. The molecule has 9 nitrogen and oxygen atoms in total. The lowest BCUT2D eigenvalue weighted by atomic mass is 10.1. The number of amides is 1. The number of carbonyl (C=O) groups is 1. The van der Waals surface area contributed by atoms with Crippen LogP contribution < -0.4 is 15.6 Å². The fourth-order valence-electron chi connectivity index (χ4n) is 3.35. The van der Waals surface area contributed by atoms with Crippen molar-refractivity contribution in [2.45, 2.75) is 37.2 Å². The summed E-state index contributed by atoms with van der Waals surface area (Å²) in [6.45, 7) is 2.66. The second-order valence-electron chi connectivity index (χ2n) is 7.89. The second-order valence-corrected chi connectivity index (χ2v) is 10.4. The number of nitrogens with zero attached hydrogens (tertiary/aromatic N) is 2. The number of carbonyl (C=O) groups excluding carboxylic acids is 1. The average molecular weight is 539 g/mol. The number of anilines is 1. The molecule has 0 radical (unpaired) electrons. The topological polar surface area (TPSA) is 130 Å². The maximum Gasteiger partial charge on any atom is 0.287 e. The minimum Gasteiger partial charge on any atom is -0.395 e. The minimum atomic E-state index is -4.03. The van der Waals surface area contributed by atoms with E-state index in [1.54, 1.807) is 13.0 Å². The van der Waals surface area contributed by atoms with Crippen molar-refractivity contribution in [1.82, 2.24) is 14.5 Å². The summed E-state index contributed by atoms with van der Waals surface area (Å²) in [5.41, 5.74) is 0.783. The fraction of sp³-hybridized carbons (Fsp3) is 0.261. The van der Waals surface area contributed by atoms with Crippen LogP contribution >= 0.6 is 23.2 Å². The average Bonchev–Trinajstić information content (AvgIpc) is 2.83. The van der Waals surface area contributed by atoms with Gasteiger partial charge in [-0.05, 0) is 43.5 Å². The lowest BCUT2D eigenvalue weighted by Gasteiger charge is -2.19. The molecule has 0 fully saturated rings. The van der Waals surface area contributed by atoms with Crippen molar-refractivity contribution in [2.24, 2.45) is 0 Å². The quantitative estimate of drug-likeness (QED) is 0.384. The Hall–Kier alpha value is -2.76. The summed E-state index contributed by atoms with van der Waals surface area (Å²) in [5.74, 6) is -0.615. The van der Waals surface area contributed by atoms with Gasteiger partial charge in [0.25, 0.3) is 5.56 Å². The molecule has 3 N–H and O–H groups in total. The van der Waals surface area contributed by atoms with Crippen molar-refractivity contribution in [1.29, 1.82) is 0 Å². The number of hydrogen-bond donors (Lipinski definition) is 3. The highest BCUT2D eigenvalue weighted by molar-refractivity contribution is 7.89. The molecular formula is C23H24Cl2N4O5S. The van der Waals surface area contributed by atoms with Crippen LogP contribution in [0.25, 0.3) is 0 Å². The van der Waals surface area contributed by atoms with Gasteiger partial charge in [0.05, 0.1) is 22.7 Å². The molecule has 1 heterocycles. The van der Waals surface area contributed by atoms with Gasteiger partial charge in [0, 0.05) is 11.7 Å². The van der Waals surface area contributed by atoms with Gasteiger partial charge in [-0.2, -0.15) is 5.10 Å². The fourth-order valence-corrected chi connectivity index (χ4v) is 5.11. The Kier molecular flexibility index (Phi) is 8.68. The van der Waals surface area contributed by atoms with E-state index in [9.17, 15) is 23.1 Å². The van der Waals surface area contributed by atoms with E-state index in [4.69, 9.17) is 23.2 Å². The van der Waals surface area contributed by atoms with Gasteiger partial charge in [-0.1, -0.05) is 59.6 Å². The molecule has 2 atom stereocenters. The third-order valence-electron chi connectivity index (χ3n) is 5.26. The number of halogens is 2. The van der Waals surface area contributed by atoms with Crippen molar-refractivity contribution in [3.8, 4) is 0 Å². The first-order valence-corrected chi connectivity index (χ1v) is 12.8. The number of hydrogen-bond acceptors (Lipinski definition) is 6. The van der Waals surface area contributed by atoms with Crippen LogP contribution in [0.3, 0.4) is 0 Å². The summed E-state index contributed by atoms with van der Waals surface area (Å²) < 4.78 is 29.6. The highest BCUT2D eigenvalue weighted by Crippen LogP contribution is 2.22. The number of benzene rings is 2. The van der Waals surface area contributed by atoms with Gasteiger partial charge >= 0.3 is 0 Å². The van der Waals surface area contributed by atoms with Gasteiger partial charge in [-0.15, -0.1) is 0 Å². The molecule has 0 aliphatic rings. The molecular weight excluding hydrogens is 515 g/mol. The maximum atomic E-state index is 13.1. The number of aliphatic hydroxyl groups excluding tert-OH is 1. The number of aromatic nitrogens is 2. The van der Waals surface area contributed by atoms with Gasteiger partial charge in [0.1, 0.15) is 11.1 Å². The number of aliphatic hydroxyl groups is 1. The Morgan fingerprint density at radius 2 is 1.86 bits per heavy atom. The Labute approximate surface area is 212 Å². The first-order valence-electron chi connectivity index (χ1n) is 10.5. The molecule has 3 rings (SSSR count). The summed E-state index contributed by atoms with van der Waals surface area (Å²) in [6, 6.07) is 11.8. The van der Waals surface area contributed by atoms with Crippen LogP contribution in [-0.4, -0.2) is 41.9 Å². The van der Waals surface area contributed by atoms with Crippen LogP contribution in [0, 0.1) is 6.92 Å². The SMILES string of the molecule is Cc1ccc(NC(=O)C(C)n2ncc(Cl)c(Cl)c2=O)cc1S(=O)(=O)N[C@H](CO)Cc1ccccc1. The Morgan fingerprint density at radius 1 is 1.17 bits per heavy atom. The van der Waals surface area contributed by atoms with Gasteiger partial charge in [0.15, 0.2) is 0 Å². The highest BCUT2D eigenvalue weighted by Gasteiger charge is 2.24. The summed E-state index contributed by atoms with van der Waals surface area (Å²) in [7, 11) is -4.03. The molecule has 0 aliphatic heterocycles. The maximum absolute atomic E-state index is 13.1. The summed E-state index contributed by atoms with van der Waals surface area (Å²) in [6.07, 6.45) is 1.46. The molecule has 1 aromatic heterocycles. The molecule has 0 bridgehead atoms. The molecule has 0 spiro atoms. The van der Waals surface area contributed by atoms with Crippen molar-refractivity contribution >= 4 is 44.8 Å². The predicted octanol–water partition coefficient (Wildman–Crippen LogP) is 2.94. The van der Waals surface area contributed by atoms with E-state index in [2.05, 4.69) is 15.1 Å². The van der Waals surface area contributed by atoms with Gasteiger partial charge in [-0.3, -0.25) is 9.59 Å². The second kappa shape index (κ2) is 11.3. The van der Waals surface area contributed by atoms with E-state index in [1.165, 1.54) is 19.1 Å². The van der Waals surface area contributed by atoms with Crippen LogP contribution in [0.1, 0.15) is 24.1 Å². The van der Waals surface area contributed by atoms with Crippen LogP contribution in [-0.2, 0) is 21.2 Å². The first kappa shape index (κ1) is 26.8. The Balaban J connectivity index is 1.80. The third kappa shape index (κ3) is 6.47. The molecule has 1 unspecified atom stereocenters. The molecule has 1 amide bonds. The van der Waals surface area contributed by atoms with Crippen molar-refractivity contribution < 1.29 is 18.3 Å². The summed E-state index contributed by atoms with van der Waals surface area (Å²) in [4.78, 5) is 25.0. The van der Waals surface area contributed by atoms with Crippen LogP contribution in [0.4, 0.5) is 5.69 Å². The monoisotopic (exact) mass is 538 g/mol. The minimum absolute atomic E-state index is 0.0325. The number of aryl methyl sites for hydroxylation is 1. The standard InChI is InChI=1S/C23H24Cl2N4O5S/c1-14-8-9-17(27-22(31)15(2)29-23(32)21(25)19(24)12-26-29)11-20(14)35(33,34)28-18(13-30)10-16-6-4-3-5-7-16/h3-9,11-12,15,18,28,30H,10,13H2,1-2H3,(H,27,31)/t15?,18-/m0/s1. The number of nitrogens with one attached hydrogen (secondary N) is 2. The van der Waals surface area contributed by atoms with Crippen LogP contribution in [0.5, 0.6) is 0 Å². The Morgan fingerprint density at radius 3 is 2.51 bits per heavy atom. The van der Waals surface area contributed by atoms with Crippen molar-refractivity contribution in [3.05, 3.63) is 86.3 Å². The van der Waals surface area contributed by atoms with Gasteiger partial charge in [-0.25, -0.2) is 17.8 Å². The molecule has 2 aromatic carbocycles. The normalized spacial score (nSPS) is 13.3. The summed E-state index contributed by atoms with van der Waals surface area (Å²) >= 11 is 11.6. The van der Waals surface area contributed by atoms with Gasteiger partial charge < -0.3 is 10.4 Å². The summed E-state index contributed by atoms with van der Waals surface area (Å²) in [5, 5.41) is 15.9. The van der Waals surface area contributed by atoms with E-state index in [-0.39, 0.29) is 20.6 Å². The zero-order chi connectivity index (χ0) is 25.8. The molecule has 35 heavy (non-hydrogen) atoms. The van der Waals surface area contributed by atoms with E-state index in [0.717, 1.165) is 16.4 Å². The highest BCUT2D eigenvalue weighted by atomic mass is 35.5. The Bertz CT molecular complexity index is 1380. The van der Waals surface area contributed by atoms with E-state index < -0.39 is 40.2 Å². The van der Waals surface area contributed by atoms with E-state index >= 15 is 0 Å². The van der Waals surface area contributed by atoms with Gasteiger partial charge in [0.2, 0.25) is 15.9 Å². The van der Waals surface area contributed by atoms with Crippen LogP contribution in [0.15, 0.2) is 64.4 Å². The molecule has 186 valence electrons. The molecule has 3 aromatic rings. The molecule has 0 aliphatic carbocycles. The van der Waals surface area contributed by atoms with Crippen molar-refractivity contribution in [3.63, 3.8) is 0 Å². The zero-order valence-corrected chi connectivity index (χ0v) is 21.2. The lowest BCUT2D eigenvalue weighted by Crippen LogP contribution is -2.39. The largest absolute Gasteiger partial charge is 0.395 e. The number of rotatable bonds is 9. The third-order valence-corrected chi connectivity index (χ3v) is 7.67.